The summed E-state index contributed by atoms with van der Waals surface area (Å²) in [4.78, 5) is 16.2. The van der Waals surface area contributed by atoms with E-state index in [1.807, 2.05) is 6.92 Å². The Morgan fingerprint density at radius 3 is 2.61 bits per heavy atom. The molecule has 0 aromatic carbocycles. The van der Waals surface area contributed by atoms with Crippen molar-refractivity contribution >= 4 is 14.0 Å². The second-order valence-electron chi connectivity index (χ2n) is 4.71. The second kappa shape index (κ2) is 10.3. The number of rotatable bonds is 6. The van der Waals surface area contributed by atoms with Crippen LogP contribution in [0.3, 0.4) is 0 Å². The van der Waals surface area contributed by atoms with E-state index >= 15 is 0 Å². The molecule has 0 amide bonds. The quantitative estimate of drug-likeness (QED) is 0.660. The molecule has 0 saturated carbocycles. The second-order valence-corrected chi connectivity index (χ2v) is 4.71. The summed E-state index contributed by atoms with van der Waals surface area (Å²) in [5.41, 5.74) is 0. The van der Waals surface area contributed by atoms with E-state index in [0.717, 1.165) is 19.4 Å². The van der Waals surface area contributed by atoms with Gasteiger partial charge in [0.25, 0.3) is 0 Å². The number of aliphatic hydroxyl groups excluding tert-OH is 1. The van der Waals surface area contributed by atoms with Crippen LogP contribution in [0.4, 0.5) is 0 Å². The predicted molar refractivity (Wildman–Crippen MR) is 67.2 cm³/mol. The monoisotopic (exact) mass is 255 g/mol. The van der Waals surface area contributed by atoms with Gasteiger partial charge in [0.1, 0.15) is 0 Å². The van der Waals surface area contributed by atoms with Gasteiger partial charge in [-0.15, -0.1) is 0 Å². The van der Waals surface area contributed by atoms with Crippen molar-refractivity contribution in [3.05, 3.63) is 0 Å². The zero-order valence-corrected chi connectivity index (χ0v) is 11.1. The topological polar surface area (TPSA) is 75.6 Å². The highest BCUT2D eigenvalue weighted by Crippen LogP contribution is 2.14. The third-order valence-electron chi connectivity index (χ3n) is 3.09. The van der Waals surface area contributed by atoms with E-state index < -0.39 is 0 Å². The van der Waals surface area contributed by atoms with Crippen LogP contribution in [0.15, 0.2) is 0 Å². The highest BCUT2D eigenvalue weighted by molar-refractivity contribution is 6.08. The fraction of sp³-hybridized carbons (Fsp3) is 0.917. The van der Waals surface area contributed by atoms with Crippen molar-refractivity contribution in [2.75, 3.05) is 13.2 Å². The van der Waals surface area contributed by atoms with E-state index in [1.54, 1.807) is 0 Å². The van der Waals surface area contributed by atoms with Gasteiger partial charge in [0, 0.05) is 12.6 Å². The molecule has 4 unspecified atom stereocenters. The summed E-state index contributed by atoms with van der Waals surface area (Å²) in [5.74, 6) is 0.224. The van der Waals surface area contributed by atoms with Crippen molar-refractivity contribution < 1.29 is 19.4 Å². The summed E-state index contributed by atoms with van der Waals surface area (Å²) >= 11 is 0. The van der Waals surface area contributed by atoms with Crippen LogP contribution in [0.2, 0.25) is 6.32 Å². The zero-order chi connectivity index (χ0) is 14.0. The summed E-state index contributed by atoms with van der Waals surface area (Å²) in [6.45, 7) is 5.49. The molecule has 2 radical (unpaired) electrons. The third kappa shape index (κ3) is 7.61. The van der Waals surface area contributed by atoms with Crippen molar-refractivity contribution in [3.8, 4) is 0 Å². The molecule has 0 aliphatic carbocycles. The molecule has 1 aliphatic heterocycles. The summed E-state index contributed by atoms with van der Waals surface area (Å²) in [6.07, 6.45) is 2.64. The van der Waals surface area contributed by atoms with Crippen LogP contribution in [0.1, 0.15) is 26.7 Å². The molecule has 2 N–H and O–H groups in total. The molecule has 4 atom stereocenters. The Bertz CT molecular complexity index is 246. The number of hydrogen-bond donors (Lipinski definition) is 2. The molecule has 5 nitrogen and oxygen atoms in total. The van der Waals surface area contributed by atoms with Gasteiger partial charge in [-0.1, -0.05) is 19.7 Å². The molecule has 0 aromatic heterocycles. The molecule has 1 fully saturated rings. The minimum absolute atomic E-state index is 0.224. The molecule has 1 saturated heterocycles. The third-order valence-corrected chi connectivity index (χ3v) is 3.09. The Hall–Kier alpha value is -0.675. The number of hydrogen-bond acceptors (Lipinski definition) is 5. The van der Waals surface area contributed by atoms with Gasteiger partial charge in [-0.3, -0.25) is 0 Å². The maximum absolute atomic E-state index is 9.77. The first-order valence-electron chi connectivity index (χ1n) is 6.27. The molecule has 0 bridgehead atoms. The van der Waals surface area contributed by atoms with E-state index in [1.165, 1.54) is 0 Å². The van der Waals surface area contributed by atoms with E-state index in [0.29, 0.717) is 19.0 Å². The molecule has 0 spiro atoms. The van der Waals surface area contributed by atoms with E-state index in [2.05, 4.69) is 12.2 Å². The van der Waals surface area contributed by atoms with E-state index in [4.69, 9.17) is 22.2 Å². The van der Waals surface area contributed by atoms with Crippen LogP contribution >= 0.6 is 0 Å². The Morgan fingerprint density at radius 2 is 2.17 bits per heavy atom. The lowest BCUT2D eigenvalue weighted by atomic mass is 9.91. The lowest BCUT2D eigenvalue weighted by molar-refractivity contribution is -0.191. The molecule has 1 rings (SSSR count). The van der Waals surface area contributed by atoms with Crippen LogP contribution < -0.4 is 5.32 Å². The minimum atomic E-state index is -0.385. The highest BCUT2D eigenvalue weighted by Gasteiger charge is 2.22. The first-order valence-corrected chi connectivity index (χ1v) is 6.27. The van der Waals surface area contributed by atoms with Gasteiger partial charge in [-0.25, -0.2) is 0 Å². The van der Waals surface area contributed by atoms with Gasteiger partial charge in [0.2, 0.25) is 0 Å². The van der Waals surface area contributed by atoms with E-state index in [9.17, 15) is 5.11 Å². The van der Waals surface area contributed by atoms with Crippen molar-refractivity contribution in [1.82, 2.24) is 5.32 Å². The largest absolute Gasteiger partial charge is 0.390 e. The normalized spacial score (nSPS) is 25.7. The number of carbonyl (C=O) groups excluding carboxylic acids is 2. The first-order chi connectivity index (χ1) is 8.54. The Labute approximate surface area is 110 Å². The Balaban J connectivity index is 0.000000873. The maximum Gasteiger partial charge on any atom is 0.373 e. The molecule has 6 heteroatoms. The Kier molecular flexibility index (Phi) is 9.88. The zero-order valence-electron chi connectivity index (χ0n) is 11.1. The van der Waals surface area contributed by atoms with Gasteiger partial charge in [-0.05, 0) is 19.3 Å². The van der Waals surface area contributed by atoms with Crippen molar-refractivity contribution in [2.24, 2.45) is 5.92 Å². The average molecular weight is 255 g/mol. The summed E-state index contributed by atoms with van der Waals surface area (Å²) < 4.78 is 5.65. The van der Waals surface area contributed by atoms with Gasteiger partial charge < -0.3 is 15.2 Å². The lowest BCUT2D eigenvalue weighted by Crippen LogP contribution is -2.28. The van der Waals surface area contributed by atoms with Crippen molar-refractivity contribution in [3.63, 3.8) is 0 Å². The summed E-state index contributed by atoms with van der Waals surface area (Å²) in [5, 5.41) is 13.1. The lowest BCUT2D eigenvalue weighted by Gasteiger charge is -2.20. The van der Waals surface area contributed by atoms with Crippen LogP contribution in [0.5, 0.6) is 0 Å². The predicted octanol–water partition coefficient (Wildman–Crippen LogP) is 0.144. The van der Waals surface area contributed by atoms with Crippen molar-refractivity contribution in [1.29, 1.82) is 0 Å². The van der Waals surface area contributed by atoms with Gasteiger partial charge in [0.05, 0.1) is 26.7 Å². The fourth-order valence-corrected chi connectivity index (χ4v) is 1.87. The van der Waals surface area contributed by atoms with Crippen molar-refractivity contribution in [2.45, 2.75) is 51.3 Å². The minimum Gasteiger partial charge on any atom is -0.390 e. The average Bonchev–Trinajstić information content (AvgIpc) is 2.73. The Morgan fingerprint density at radius 1 is 1.56 bits per heavy atom. The molecule has 18 heavy (non-hydrogen) atoms. The summed E-state index contributed by atoms with van der Waals surface area (Å²) in [7, 11) is 5.44. The van der Waals surface area contributed by atoms with Crippen LogP contribution in [-0.4, -0.2) is 50.5 Å². The van der Waals surface area contributed by atoms with Crippen LogP contribution in [0.25, 0.3) is 0 Å². The summed E-state index contributed by atoms with van der Waals surface area (Å²) in [6, 6.07) is 0.536. The molecule has 0 aromatic rings. The van der Waals surface area contributed by atoms with Crippen LogP contribution in [0, 0.1) is 5.92 Å². The highest BCUT2D eigenvalue weighted by atomic mass is 16.5. The molecule has 1 aliphatic rings. The van der Waals surface area contributed by atoms with Gasteiger partial charge in [-0.2, -0.15) is 9.59 Å². The molecule has 1 heterocycles. The van der Waals surface area contributed by atoms with Gasteiger partial charge in [0.15, 0.2) is 0 Å². The number of aliphatic hydroxyl groups is 1. The standard InChI is InChI=1S/C11H22BNO2.CO2/c1-8(3-4-12)11(14)7-15-10-5-9(2)13-6-10;2-1-3/h8-11,13-14H,3-7H2,1-2H3;. The molecular weight excluding hydrogens is 233 g/mol. The number of ether oxygens (including phenoxy) is 1. The fourth-order valence-electron chi connectivity index (χ4n) is 1.87. The van der Waals surface area contributed by atoms with Gasteiger partial charge >= 0.3 is 6.15 Å². The number of nitrogens with one attached hydrogen (secondary N) is 1. The molecule has 102 valence electrons. The van der Waals surface area contributed by atoms with Crippen LogP contribution in [-0.2, 0) is 14.3 Å². The smallest absolute Gasteiger partial charge is 0.373 e. The van der Waals surface area contributed by atoms with E-state index in [-0.39, 0.29) is 24.3 Å². The SMILES string of the molecule is O=C=O.[B]CCC(C)C(O)COC1CNC(C)C1. The molecular formula is C12H22BNO4. The first kappa shape index (κ1) is 17.3. The maximum atomic E-state index is 9.77.